The number of anilines is 2. The minimum absolute atomic E-state index is 0.0884. The lowest BCUT2D eigenvalue weighted by Gasteiger charge is -2.35. The highest BCUT2D eigenvalue weighted by Gasteiger charge is 2.36. The molecule has 2 aliphatic heterocycles. The molecular formula is C40H45F3N8O7. The number of carbonyl (C=O) groups is 5. The van der Waals surface area contributed by atoms with E-state index in [-0.39, 0.29) is 49.2 Å². The van der Waals surface area contributed by atoms with E-state index in [1.54, 1.807) is 36.5 Å². The minimum Gasteiger partial charge on any atom is -0.490 e. The monoisotopic (exact) mass is 806 g/mol. The Morgan fingerprint density at radius 3 is 2.43 bits per heavy atom. The number of benzene rings is 2. The number of rotatable bonds is 16. The molecule has 2 saturated heterocycles. The molecule has 5 amide bonds. The van der Waals surface area contributed by atoms with Gasteiger partial charge in [0.15, 0.2) is 5.60 Å². The van der Waals surface area contributed by atoms with Gasteiger partial charge in [0.1, 0.15) is 24.2 Å². The highest BCUT2D eigenvalue weighted by Crippen LogP contribution is 2.33. The first-order valence-corrected chi connectivity index (χ1v) is 18.8. The summed E-state index contributed by atoms with van der Waals surface area (Å²) in [6.07, 6.45) is -0.659. The molecule has 0 aliphatic carbocycles. The van der Waals surface area contributed by atoms with Gasteiger partial charge >= 0.3 is 6.18 Å². The molecule has 0 radical (unpaired) electrons. The third-order valence-electron chi connectivity index (χ3n) is 9.70. The van der Waals surface area contributed by atoms with Gasteiger partial charge in [-0.15, -0.1) is 0 Å². The first-order chi connectivity index (χ1) is 27.6. The summed E-state index contributed by atoms with van der Waals surface area (Å²) in [7, 11) is 0. The number of halogens is 3. The largest absolute Gasteiger partial charge is 0.490 e. The van der Waals surface area contributed by atoms with Crippen molar-refractivity contribution in [1.82, 2.24) is 25.8 Å². The van der Waals surface area contributed by atoms with Gasteiger partial charge in [-0.2, -0.15) is 18.4 Å². The number of hydrogen-bond acceptors (Lipinski definition) is 11. The SMILES string of the molecule is CC(O)(COc1ccc(CNC(=O)CCCCN2CCN(c3cc(CC(=O)NC4CCC(=O)NC4=O)ccn3)CC2)cc1)C(=O)Nc1ccc(C#N)c(C(F)(F)F)c1. The minimum atomic E-state index is -4.81. The van der Waals surface area contributed by atoms with Crippen LogP contribution < -0.4 is 30.9 Å². The Hall–Kier alpha value is -6.06. The molecule has 308 valence electrons. The lowest BCUT2D eigenvalue weighted by atomic mass is 10.1. The molecule has 18 heteroatoms. The number of ether oxygens (including phenoxy) is 1. The van der Waals surface area contributed by atoms with Gasteiger partial charge in [-0.1, -0.05) is 12.1 Å². The fourth-order valence-corrected chi connectivity index (χ4v) is 6.33. The quantitative estimate of drug-likeness (QED) is 0.105. The van der Waals surface area contributed by atoms with Gasteiger partial charge < -0.3 is 30.7 Å². The fourth-order valence-electron chi connectivity index (χ4n) is 6.33. The first kappa shape index (κ1) is 43.1. The summed E-state index contributed by atoms with van der Waals surface area (Å²) < 4.78 is 45.4. The number of nitriles is 1. The number of alkyl halides is 3. The van der Waals surface area contributed by atoms with Crippen molar-refractivity contribution in [2.45, 2.75) is 69.8 Å². The van der Waals surface area contributed by atoms with Crippen LogP contribution in [-0.4, -0.2) is 95.5 Å². The van der Waals surface area contributed by atoms with Crippen LogP contribution in [0.25, 0.3) is 0 Å². The Morgan fingerprint density at radius 1 is 1.00 bits per heavy atom. The molecule has 2 fully saturated rings. The van der Waals surface area contributed by atoms with Crippen LogP contribution in [0.2, 0.25) is 0 Å². The second-order valence-corrected chi connectivity index (χ2v) is 14.4. The number of nitrogens with one attached hydrogen (secondary N) is 4. The van der Waals surface area contributed by atoms with Crippen LogP contribution >= 0.6 is 0 Å². The van der Waals surface area contributed by atoms with Gasteiger partial charge in [-0.3, -0.25) is 34.2 Å². The van der Waals surface area contributed by atoms with E-state index >= 15 is 0 Å². The molecule has 3 aromatic rings. The number of amides is 5. The van der Waals surface area contributed by atoms with Crippen molar-refractivity contribution in [3.63, 3.8) is 0 Å². The number of unbranched alkanes of at least 4 members (excludes halogenated alkanes) is 1. The summed E-state index contributed by atoms with van der Waals surface area (Å²) in [6.45, 7) is 4.94. The summed E-state index contributed by atoms with van der Waals surface area (Å²) in [5.74, 6) is -1.13. The number of piperazine rings is 1. The maximum absolute atomic E-state index is 13.3. The Balaban J connectivity index is 0.949. The Morgan fingerprint density at radius 2 is 1.74 bits per heavy atom. The van der Waals surface area contributed by atoms with Gasteiger partial charge in [0.25, 0.3) is 5.91 Å². The van der Waals surface area contributed by atoms with Gasteiger partial charge in [-0.05, 0) is 86.3 Å². The van der Waals surface area contributed by atoms with E-state index in [9.17, 15) is 42.3 Å². The van der Waals surface area contributed by atoms with Crippen molar-refractivity contribution < 1.29 is 47.0 Å². The smallest absolute Gasteiger partial charge is 0.417 e. The summed E-state index contributed by atoms with van der Waals surface area (Å²) >= 11 is 0. The molecule has 5 rings (SSSR count). The average Bonchev–Trinajstić information content (AvgIpc) is 3.19. The highest BCUT2D eigenvalue weighted by molar-refractivity contribution is 6.01. The second-order valence-electron chi connectivity index (χ2n) is 14.4. The number of aliphatic hydroxyl groups is 1. The van der Waals surface area contributed by atoms with E-state index in [2.05, 4.69) is 36.1 Å². The van der Waals surface area contributed by atoms with E-state index in [0.29, 0.717) is 24.7 Å². The standard InChI is InChI=1S/C40H45F3N8O7/c1-39(57,38(56)47-29-8-7-28(23-44)31(22-29)40(41,42)43)25-58-30-9-5-26(6-10-30)24-46-34(52)4-2-3-15-50-16-18-51(19-17-50)33-20-27(13-14-45-33)21-36(54)48-32-11-12-35(53)49-37(32)55/h5-10,13-14,20,22,32,57H,2-4,11-12,15-19,21,24-25H2,1H3,(H,46,52)(H,47,56)(H,48,54)(H,49,53,55). The number of imide groups is 1. The molecule has 58 heavy (non-hydrogen) atoms. The molecule has 15 nitrogen and oxygen atoms in total. The molecule has 0 bridgehead atoms. The first-order valence-electron chi connectivity index (χ1n) is 18.8. The van der Waals surface area contributed by atoms with Crippen LogP contribution in [0, 0.1) is 11.3 Å². The van der Waals surface area contributed by atoms with Gasteiger partial charge in [0.05, 0.1) is 23.6 Å². The molecule has 2 aliphatic rings. The number of aromatic nitrogens is 1. The summed E-state index contributed by atoms with van der Waals surface area (Å²) in [4.78, 5) is 70.0. The zero-order valence-electron chi connectivity index (χ0n) is 31.9. The van der Waals surface area contributed by atoms with Crippen molar-refractivity contribution in [1.29, 1.82) is 5.26 Å². The van der Waals surface area contributed by atoms with E-state index in [1.807, 2.05) is 6.07 Å². The molecule has 2 aromatic carbocycles. The number of hydrogen-bond donors (Lipinski definition) is 5. The molecule has 1 aromatic heterocycles. The van der Waals surface area contributed by atoms with Crippen molar-refractivity contribution in [2.24, 2.45) is 0 Å². The lowest BCUT2D eigenvalue weighted by molar-refractivity contribution is -0.138. The predicted molar refractivity (Wildman–Crippen MR) is 204 cm³/mol. The Labute approximate surface area is 332 Å². The third-order valence-corrected chi connectivity index (χ3v) is 9.70. The molecular weight excluding hydrogens is 761 g/mol. The summed E-state index contributed by atoms with van der Waals surface area (Å²) in [6, 6.07) is 13.7. The second kappa shape index (κ2) is 19.4. The molecule has 2 atom stereocenters. The van der Waals surface area contributed by atoms with Crippen LogP contribution in [0.15, 0.2) is 60.8 Å². The lowest BCUT2D eigenvalue weighted by Crippen LogP contribution is -2.52. The maximum atomic E-state index is 13.3. The predicted octanol–water partition coefficient (Wildman–Crippen LogP) is 2.81. The summed E-state index contributed by atoms with van der Waals surface area (Å²) in [5.41, 5.74) is -2.59. The van der Waals surface area contributed by atoms with E-state index in [4.69, 9.17) is 10.00 Å². The van der Waals surface area contributed by atoms with E-state index in [1.165, 1.54) is 6.07 Å². The Kier molecular flexibility index (Phi) is 14.4. The van der Waals surface area contributed by atoms with E-state index in [0.717, 1.165) is 75.1 Å². The molecule has 3 heterocycles. The van der Waals surface area contributed by atoms with Crippen LogP contribution in [0.3, 0.4) is 0 Å². The van der Waals surface area contributed by atoms with Crippen LogP contribution in [0.1, 0.15) is 61.3 Å². The Bertz CT molecular complexity index is 2010. The van der Waals surface area contributed by atoms with E-state index < -0.39 is 47.4 Å². The topological polar surface area (TPSA) is 206 Å². The fraction of sp³-hybridized carbons (Fsp3) is 0.425. The normalized spacial score (nSPS) is 17.0. The van der Waals surface area contributed by atoms with Crippen molar-refractivity contribution in [3.8, 4) is 11.8 Å². The van der Waals surface area contributed by atoms with Gasteiger partial charge in [0.2, 0.25) is 23.6 Å². The van der Waals surface area contributed by atoms with Crippen molar-refractivity contribution >= 4 is 41.0 Å². The third kappa shape index (κ3) is 12.5. The summed E-state index contributed by atoms with van der Waals surface area (Å²) in [5, 5.41) is 29.7. The van der Waals surface area contributed by atoms with Gasteiger partial charge in [0, 0.05) is 57.4 Å². The maximum Gasteiger partial charge on any atom is 0.417 e. The number of nitrogens with zero attached hydrogens (tertiary/aromatic N) is 4. The van der Waals surface area contributed by atoms with Crippen molar-refractivity contribution in [3.05, 3.63) is 83.0 Å². The number of carbonyl (C=O) groups excluding carboxylic acids is 5. The average molecular weight is 807 g/mol. The number of pyridine rings is 1. The zero-order valence-corrected chi connectivity index (χ0v) is 31.9. The highest BCUT2D eigenvalue weighted by atomic mass is 19.4. The van der Waals surface area contributed by atoms with Crippen LogP contribution in [-0.2, 0) is 43.1 Å². The van der Waals surface area contributed by atoms with Gasteiger partial charge in [-0.25, -0.2) is 4.98 Å². The molecule has 5 N–H and O–H groups in total. The van der Waals surface area contributed by atoms with Crippen molar-refractivity contribution in [2.75, 3.05) is 49.5 Å². The van der Waals surface area contributed by atoms with Crippen LogP contribution in [0.5, 0.6) is 5.75 Å². The van der Waals surface area contributed by atoms with Crippen LogP contribution in [0.4, 0.5) is 24.7 Å². The molecule has 0 saturated carbocycles. The molecule has 0 spiro atoms. The molecule has 2 unspecified atom stereocenters. The zero-order chi connectivity index (χ0) is 41.9. The number of piperidine rings is 1.